The van der Waals surface area contributed by atoms with Crippen molar-refractivity contribution in [1.82, 2.24) is 13.7 Å². The molecule has 0 atom stereocenters. The molecule has 1 saturated carbocycles. The van der Waals surface area contributed by atoms with Gasteiger partial charge in [0, 0.05) is 24.8 Å². The van der Waals surface area contributed by atoms with Gasteiger partial charge in [-0.1, -0.05) is 37.3 Å². The summed E-state index contributed by atoms with van der Waals surface area (Å²) in [6, 6.07) is 18.3. The molecule has 0 saturated heterocycles. The molecule has 1 aliphatic carbocycles. The fourth-order valence-corrected chi connectivity index (χ4v) is 4.11. The smallest absolute Gasteiger partial charge is 0.337 e. The number of hydrogen-bond acceptors (Lipinski definition) is 4. The second kappa shape index (κ2) is 7.67. The van der Waals surface area contributed by atoms with E-state index in [0.29, 0.717) is 16.8 Å². The highest BCUT2D eigenvalue weighted by molar-refractivity contribution is 5.91. The molecule has 4 aromatic rings. The molecule has 0 bridgehead atoms. The van der Waals surface area contributed by atoms with Crippen molar-refractivity contribution in [2.45, 2.75) is 32.2 Å². The lowest BCUT2D eigenvalue weighted by Gasteiger charge is -2.18. The van der Waals surface area contributed by atoms with Crippen LogP contribution in [0.5, 0.6) is 0 Å². The minimum absolute atomic E-state index is 0.108. The third kappa shape index (κ3) is 3.26. The van der Waals surface area contributed by atoms with Gasteiger partial charge in [0.25, 0.3) is 11.1 Å². The molecule has 2 heterocycles. The van der Waals surface area contributed by atoms with Crippen molar-refractivity contribution >= 4 is 22.4 Å². The summed E-state index contributed by atoms with van der Waals surface area (Å²) in [5.74, 6) is 0. The molecule has 0 amide bonds. The fourth-order valence-electron chi connectivity index (χ4n) is 4.11. The average Bonchev–Trinajstić information content (AvgIpc) is 3.63. The van der Waals surface area contributed by atoms with Gasteiger partial charge in [0.1, 0.15) is 11.0 Å². The number of pyridine rings is 1. The molecule has 162 valence electrons. The Kier molecular flexibility index (Phi) is 4.81. The van der Waals surface area contributed by atoms with Gasteiger partial charge < -0.3 is 5.32 Å². The maximum absolute atomic E-state index is 13.6. The maximum Gasteiger partial charge on any atom is 0.337 e. The highest BCUT2D eigenvalue weighted by Gasteiger charge is 2.30. The van der Waals surface area contributed by atoms with Crippen LogP contribution in [0.4, 0.5) is 11.4 Å². The third-order valence-electron chi connectivity index (χ3n) is 6.02. The van der Waals surface area contributed by atoms with Crippen LogP contribution in [-0.2, 0) is 13.5 Å². The number of hydrogen-bond donors (Lipinski definition) is 1. The number of aromatic nitrogens is 3. The number of rotatable bonds is 5. The lowest BCUT2D eigenvalue weighted by Crippen LogP contribution is -2.41. The molecule has 0 spiro atoms. The van der Waals surface area contributed by atoms with E-state index in [1.165, 1.54) is 25.3 Å². The number of fused-ring (bicyclic) bond motifs is 1. The summed E-state index contributed by atoms with van der Waals surface area (Å²) in [4.78, 5) is 39.9. The van der Waals surface area contributed by atoms with Gasteiger partial charge in [0.05, 0.1) is 11.4 Å². The number of anilines is 2. The molecule has 0 aliphatic heterocycles. The first-order valence-corrected chi connectivity index (χ1v) is 10.8. The first kappa shape index (κ1) is 20.1. The van der Waals surface area contributed by atoms with Gasteiger partial charge in [-0.15, -0.1) is 0 Å². The van der Waals surface area contributed by atoms with Crippen LogP contribution in [0.15, 0.2) is 75.0 Å². The van der Waals surface area contributed by atoms with Crippen molar-refractivity contribution in [3.05, 3.63) is 97.4 Å². The van der Waals surface area contributed by atoms with E-state index < -0.39 is 5.69 Å². The van der Waals surface area contributed by atoms with Crippen LogP contribution in [0.1, 0.15) is 31.4 Å². The molecule has 2 aromatic heterocycles. The van der Waals surface area contributed by atoms with Crippen molar-refractivity contribution in [3.8, 4) is 5.69 Å². The van der Waals surface area contributed by atoms with Crippen molar-refractivity contribution in [1.29, 1.82) is 0 Å². The van der Waals surface area contributed by atoms with Gasteiger partial charge >= 0.3 is 5.69 Å². The summed E-state index contributed by atoms with van der Waals surface area (Å²) in [5, 5.41) is 3.57. The van der Waals surface area contributed by atoms with Crippen LogP contribution in [0.25, 0.3) is 16.7 Å². The second-order valence-corrected chi connectivity index (χ2v) is 8.19. The summed E-state index contributed by atoms with van der Waals surface area (Å²) in [5.41, 5.74) is 2.15. The largest absolute Gasteiger partial charge is 0.355 e. The molecule has 32 heavy (non-hydrogen) atoms. The molecule has 2 aromatic carbocycles. The van der Waals surface area contributed by atoms with Gasteiger partial charge in [-0.2, -0.15) is 0 Å². The topological polar surface area (TPSA) is 78.0 Å². The standard InChI is InChI=1S/C25H24N4O3/c1-3-16-9-11-17(12-10-16)26-20-15-21(30)27(2)23-22(20)24(31)29(19-13-14-19)25(32)28(23)18-7-5-4-6-8-18/h4-12,15,19,26H,3,13-14H2,1-2H3. The van der Waals surface area contributed by atoms with Gasteiger partial charge in [-0.05, 0) is 49.1 Å². The first-order chi connectivity index (χ1) is 15.5. The zero-order chi connectivity index (χ0) is 22.4. The molecule has 0 unspecified atom stereocenters. The van der Waals surface area contributed by atoms with E-state index >= 15 is 0 Å². The van der Waals surface area contributed by atoms with E-state index in [4.69, 9.17) is 0 Å². The monoisotopic (exact) mass is 428 g/mol. The van der Waals surface area contributed by atoms with Crippen molar-refractivity contribution in [3.63, 3.8) is 0 Å². The van der Waals surface area contributed by atoms with Gasteiger partial charge in [0.15, 0.2) is 0 Å². The Hall–Kier alpha value is -3.87. The summed E-state index contributed by atoms with van der Waals surface area (Å²) in [6.07, 6.45) is 2.51. The minimum atomic E-state index is -0.421. The predicted octanol–water partition coefficient (Wildman–Crippen LogP) is 3.49. The van der Waals surface area contributed by atoms with Gasteiger partial charge in [0.2, 0.25) is 0 Å². The molecule has 1 N–H and O–H groups in total. The summed E-state index contributed by atoms with van der Waals surface area (Å²) in [6.45, 7) is 2.08. The molecule has 1 fully saturated rings. The van der Waals surface area contributed by atoms with Gasteiger partial charge in [-0.3, -0.25) is 18.7 Å². The van der Waals surface area contributed by atoms with Crippen molar-refractivity contribution in [2.75, 3.05) is 5.32 Å². The predicted molar refractivity (Wildman–Crippen MR) is 126 cm³/mol. The van der Waals surface area contributed by atoms with Crippen LogP contribution in [-0.4, -0.2) is 13.7 Å². The molecule has 5 rings (SSSR count). The molecule has 1 aliphatic rings. The van der Waals surface area contributed by atoms with Crippen LogP contribution in [0, 0.1) is 0 Å². The number of benzene rings is 2. The Labute approximate surface area is 184 Å². The van der Waals surface area contributed by atoms with E-state index in [2.05, 4.69) is 12.2 Å². The number of para-hydroxylation sites is 1. The minimum Gasteiger partial charge on any atom is -0.355 e. The Morgan fingerprint density at radius 1 is 0.969 bits per heavy atom. The Bertz CT molecular complexity index is 1490. The lowest BCUT2D eigenvalue weighted by molar-refractivity contribution is 0.637. The number of nitrogens with zero attached hydrogens (tertiary/aromatic N) is 3. The second-order valence-electron chi connectivity index (χ2n) is 8.19. The van der Waals surface area contributed by atoms with Crippen molar-refractivity contribution < 1.29 is 0 Å². The van der Waals surface area contributed by atoms with Crippen LogP contribution >= 0.6 is 0 Å². The summed E-state index contributed by atoms with van der Waals surface area (Å²) >= 11 is 0. The summed E-state index contributed by atoms with van der Waals surface area (Å²) in [7, 11) is 1.59. The first-order valence-electron chi connectivity index (χ1n) is 10.8. The summed E-state index contributed by atoms with van der Waals surface area (Å²) < 4.78 is 4.18. The lowest BCUT2D eigenvalue weighted by atomic mass is 10.1. The SMILES string of the molecule is CCc1ccc(Nc2cc(=O)n(C)c3c2c(=O)n(C2CC2)c(=O)n3-c2ccccc2)cc1. The van der Waals surface area contributed by atoms with E-state index in [9.17, 15) is 14.4 Å². The highest BCUT2D eigenvalue weighted by atomic mass is 16.2. The van der Waals surface area contributed by atoms with Crippen LogP contribution in [0.3, 0.4) is 0 Å². The van der Waals surface area contributed by atoms with E-state index in [-0.39, 0.29) is 22.8 Å². The average molecular weight is 428 g/mol. The van der Waals surface area contributed by atoms with Crippen molar-refractivity contribution in [2.24, 2.45) is 7.05 Å². The van der Waals surface area contributed by atoms with E-state index in [0.717, 1.165) is 24.9 Å². The quantitative estimate of drug-likeness (QED) is 0.528. The maximum atomic E-state index is 13.6. The zero-order valence-corrected chi connectivity index (χ0v) is 18.0. The van der Waals surface area contributed by atoms with Gasteiger partial charge in [-0.25, -0.2) is 9.36 Å². The number of aryl methyl sites for hydroxylation is 2. The Morgan fingerprint density at radius 3 is 2.28 bits per heavy atom. The fraction of sp³-hybridized carbons (Fsp3) is 0.240. The molecule has 0 radical (unpaired) electrons. The third-order valence-corrected chi connectivity index (χ3v) is 6.02. The molecule has 7 heteroatoms. The highest BCUT2D eigenvalue weighted by Crippen LogP contribution is 2.33. The van der Waals surface area contributed by atoms with E-state index in [1.54, 1.807) is 19.2 Å². The Morgan fingerprint density at radius 2 is 1.66 bits per heavy atom. The Balaban J connectivity index is 1.86. The van der Waals surface area contributed by atoms with Crippen LogP contribution < -0.4 is 22.1 Å². The van der Waals surface area contributed by atoms with Crippen LogP contribution in [0.2, 0.25) is 0 Å². The normalized spacial score (nSPS) is 13.4. The zero-order valence-electron chi connectivity index (χ0n) is 18.0. The molecule has 7 nitrogen and oxygen atoms in total. The number of nitrogens with one attached hydrogen (secondary N) is 1. The van der Waals surface area contributed by atoms with E-state index in [1.807, 2.05) is 42.5 Å². The molecular formula is C25H24N4O3. The molecular weight excluding hydrogens is 404 g/mol.